The number of rotatable bonds is 8. The van der Waals surface area contributed by atoms with Gasteiger partial charge in [-0.1, -0.05) is 18.2 Å². The Labute approximate surface area is 170 Å². The van der Waals surface area contributed by atoms with Crippen LogP contribution >= 0.6 is 0 Å². The number of nitro groups is 1. The lowest BCUT2D eigenvalue weighted by Crippen LogP contribution is -2.29. The first-order valence-corrected chi connectivity index (χ1v) is 9.94. The summed E-state index contributed by atoms with van der Waals surface area (Å²) in [6.45, 7) is 1.17. The Morgan fingerprint density at radius 2 is 1.93 bits per heavy atom. The predicted octanol–water partition coefficient (Wildman–Crippen LogP) is 2.99. The van der Waals surface area contributed by atoms with Crippen LogP contribution in [0.15, 0.2) is 30.5 Å². The first-order chi connectivity index (χ1) is 13.9. The number of anilines is 3. The molecule has 1 fully saturated rings. The first-order valence-electron chi connectivity index (χ1n) is 9.94. The first kappa shape index (κ1) is 20.8. The van der Waals surface area contributed by atoms with E-state index in [1.54, 1.807) is 0 Å². The molecule has 1 aliphatic rings. The Hall–Kier alpha value is -2.94. The Kier molecular flexibility index (Phi) is 6.82. The van der Waals surface area contributed by atoms with Crippen molar-refractivity contribution in [3.63, 3.8) is 0 Å². The molecule has 9 heteroatoms. The van der Waals surface area contributed by atoms with Crippen LogP contribution in [0, 0.1) is 16.0 Å². The van der Waals surface area contributed by atoms with Gasteiger partial charge < -0.3 is 21.3 Å². The van der Waals surface area contributed by atoms with Crippen LogP contribution in [0.25, 0.3) is 0 Å². The highest BCUT2D eigenvalue weighted by Gasteiger charge is 2.21. The summed E-state index contributed by atoms with van der Waals surface area (Å²) in [4.78, 5) is 21.4. The molecule has 1 aromatic heterocycles. The largest absolute Gasteiger partial charge is 0.377 e. The highest BCUT2D eigenvalue weighted by atomic mass is 16.6. The fourth-order valence-corrected chi connectivity index (χ4v) is 3.63. The smallest absolute Gasteiger partial charge is 0.329 e. The Morgan fingerprint density at radius 3 is 2.62 bits per heavy atom. The summed E-state index contributed by atoms with van der Waals surface area (Å²) in [5.41, 5.74) is 8.03. The molecule has 1 saturated carbocycles. The van der Waals surface area contributed by atoms with E-state index in [4.69, 9.17) is 5.73 Å². The number of nitrogens with two attached hydrogens (primary N) is 1. The zero-order chi connectivity index (χ0) is 20.8. The molecule has 4 N–H and O–H groups in total. The Bertz CT molecular complexity index is 835. The van der Waals surface area contributed by atoms with Gasteiger partial charge in [-0.25, -0.2) is 4.98 Å². The van der Waals surface area contributed by atoms with Gasteiger partial charge in [0.15, 0.2) is 0 Å². The Morgan fingerprint density at radius 1 is 1.21 bits per heavy atom. The van der Waals surface area contributed by atoms with Gasteiger partial charge in [-0.2, -0.15) is 4.98 Å². The fourth-order valence-electron chi connectivity index (χ4n) is 3.63. The minimum Gasteiger partial charge on any atom is -0.377 e. The van der Waals surface area contributed by atoms with Crippen molar-refractivity contribution in [2.45, 2.75) is 38.3 Å². The number of nitrogens with one attached hydrogen (secondary N) is 2. The van der Waals surface area contributed by atoms with E-state index < -0.39 is 4.92 Å². The van der Waals surface area contributed by atoms with Gasteiger partial charge in [-0.15, -0.1) is 0 Å². The minimum atomic E-state index is -0.454. The van der Waals surface area contributed by atoms with E-state index in [2.05, 4.69) is 20.6 Å². The summed E-state index contributed by atoms with van der Waals surface area (Å²) < 4.78 is 0. The zero-order valence-corrected chi connectivity index (χ0v) is 17.0. The second-order valence-corrected chi connectivity index (χ2v) is 7.72. The third-order valence-electron chi connectivity index (χ3n) is 5.33. The van der Waals surface area contributed by atoms with E-state index in [0.717, 1.165) is 36.9 Å². The lowest BCUT2D eigenvalue weighted by molar-refractivity contribution is -0.384. The summed E-state index contributed by atoms with van der Waals surface area (Å²) in [7, 11) is 3.97. The maximum Gasteiger partial charge on any atom is 0.329 e. The highest BCUT2D eigenvalue weighted by Crippen LogP contribution is 2.27. The molecule has 0 bridgehead atoms. The molecule has 2 aromatic rings. The molecule has 156 valence electrons. The normalized spacial score (nSPS) is 18.9. The SMILES string of the molecule is CN(C)c1ccccc1CNc1ncc([N+](=O)[O-])c(NC[C@H]2CC[C@H](N)CC2)n1. The average molecular weight is 399 g/mol. The van der Waals surface area contributed by atoms with Crippen LogP contribution in [0.4, 0.5) is 23.1 Å². The van der Waals surface area contributed by atoms with Crippen molar-refractivity contribution in [2.75, 3.05) is 36.2 Å². The van der Waals surface area contributed by atoms with Crippen molar-refractivity contribution in [2.24, 2.45) is 11.7 Å². The molecule has 0 unspecified atom stereocenters. The van der Waals surface area contributed by atoms with Gasteiger partial charge in [-0.3, -0.25) is 10.1 Å². The van der Waals surface area contributed by atoms with E-state index in [1.165, 1.54) is 6.20 Å². The second kappa shape index (κ2) is 9.51. The molecular weight excluding hydrogens is 370 g/mol. The molecule has 0 amide bonds. The molecule has 1 aromatic carbocycles. The second-order valence-electron chi connectivity index (χ2n) is 7.72. The zero-order valence-electron chi connectivity index (χ0n) is 17.0. The van der Waals surface area contributed by atoms with E-state index in [9.17, 15) is 10.1 Å². The molecule has 1 aliphatic carbocycles. The molecule has 29 heavy (non-hydrogen) atoms. The molecule has 0 spiro atoms. The standard InChI is InChI=1S/C20H29N7O2/c1-26(2)17-6-4-3-5-15(17)12-23-20-24-13-18(27(28)29)19(25-20)22-11-14-7-9-16(21)10-8-14/h3-6,13-14,16H,7-12,21H2,1-2H3,(H2,22,23,24,25)/t14-,16-. The number of para-hydroxylation sites is 1. The van der Waals surface area contributed by atoms with Crippen LogP contribution in [-0.2, 0) is 6.54 Å². The molecule has 1 heterocycles. The fraction of sp³-hybridized carbons (Fsp3) is 0.500. The van der Waals surface area contributed by atoms with Gasteiger partial charge in [0, 0.05) is 38.9 Å². The van der Waals surface area contributed by atoms with Crippen LogP contribution in [0.1, 0.15) is 31.2 Å². The molecular formula is C20H29N7O2. The molecule has 0 radical (unpaired) electrons. The summed E-state index contributed by atoms with van der Waals surface area (Å²) in [5.74, 6) is 1.06. The van der Waals surface area contributed by atoms with E-state index in [1.807, 2.05) is 43.3 Å². The van der Waals surface area contributed by atoms with Gasteiger partial charge in [-0.05, 0) is 43.2 Å². The third kappa shape index (κ3) is 5.54. The van der Waals surface area contributed by atoms with Gasteiger partial charge in [0.05, 0.1) is 4.92 Å². The van der Waals surface area contributed by atoms with Crippen molar-refractivity contribution in [1.82, 2.24) is 9.97 Å². The topological polar surface area (TPSA) is 122 Å². The highest BCUT2D eigenvalue weighted by molar-refractivity contribution is 5.58. The van der Waals surface area contributed by atoms with Crippen LogP contribution in [0.2, 0.25) is 0 Å². The van der Waals surface area contributed by atoms with Crippen LogP contribution in [0.5, 0.6) is 0 Å². The number of benzene rings is 1. The summed E-state index contributed by atoms with van der Waals surface area (Å²) in [6, 6.07) is 8.31. The number of hydrogen-bond acceptors (Lipinski definition) is 8. The summed E-state index contributed by atoms with van der Waals surface area (Å²) in [5, 5.41) is 17.7. The average Bonchev–Trinajstić information content (AvgIpc) is 2.72. The van der Waals surface area contributed by atoms with Crippen molar-refractivity contribution < 1.29 is 4.92 Å². The van der Waals surface area contributed by atoms with Gasteiger partial charge in [0.1, 0.15) is 6.20 Å². The maximum absolute atomic E-state index is 11.4. The van der Waals surface area contributed by atoms with Gasteiger partial charge >= 0.3 is 5.69 Å². The van der Waals surface area contributed by atoms with E-state index >= 15 is 0 Å². The van der Waals surface area contributed by atoms with Crippen molar-refractivity contribution in [3.05, 3.63) is 46.1 Å². The van der Waals surface area contributed by atoms with Crippen LogP contribution in [-0.4, -0.2) is 41.6 Å². The van der Waals surface area contributed by atoms with Crippen LogP contribution < -0.4 is 21.3 Å². The third-order valence-corrected chi connectivity index (χ3v) is 5.33. The summed E-state index contributed by atoms with van der Waals surface area (Å²) in [6.07, 6.45) is 5.30. The van der Waals surface area contributed by atoms with E-state index in [0.29, 0.717) is 25.0 Å². The predicted molar refractivity (Wildman–Crippen MR) is 115 cm³/mol. The summed E-state index contributed by atoms with van der Waals surface area (Å²) >= 11 is 0. The maximum atomic E-state index is 11.4. The molecule has 0 atom stereocenters. The molecule has 0 aliphatic heterocycles. The quantitative estimate of drug-likeness (QED) is 0.457. The molecule has 0 saturated heterocycles. The monoisotopic (exact) mass is 399 g/mol. The lowest BCUT2D eigenvalue weighted by Gasteiger charge is -2.26. The van der Waals surface area contributed by atoms with E-state index in [-0.39, 0.29) is 17.5 Å². The Balaban J connectivity index is 1.69. The van der Waals surface area contributed by atoms with Crippen LogP contribution in [0.3, 0.4) is 0 Å². The number of aromatic nitrogens is 2. The van der Waals surface area contributed by atoms with Crippen molar-refractivity contribution >= 4 is 23.1 Å². The number of nitrogens with zero attached hydrogens (tertiary/aromatic N) is 4. The minimum absolute atomic E-state index is 0.114. The number of hydrogen-bond donors (Lipinski definition) is 3. The lowest BCUT2D eigenvalue weighted by atomic mass is 9.86. The molecule has 3 rings (SSSR count). The van der Waals surface area contributed by atoms with Crippen molar-refractivity contribution in [1.29, 1.82) is 0 Å². The van der Waals surface area contributed by atoms with Gasteiger partial charge in [0.25, 0.3) is 0 Å². The van der Waals surface area contributed by atoms with Gasteiger partial charge in [0.2, 0.25) is 11.8 Å². The van der Waals surface area contributed by atoms with Crippen molar-refractivity contribution in [3.8, 4) is 0 Å². The molecule has 9 nitrogen and oxygen atoms in total.